The molecule has 0 amide bonds. The molecule has 4 heteroatoms. The summed E-state index contributed by atoms with van der Waals surface area (Å²) in [6.45, 7) is 0.825. The van der Waals surface area contributed by atoms with Crippen molar-refractivity contribution in [2.75, 3.05) is 13.7 Å². The third-order valence-corrected chi connectivity index (χ3v) is 3.92. The standard InChI is InChI=1S/C16H21N3O/c1-17-14(15-7-9-19(2)18-15)5-3-12-4-6-16-13(11-12)8-10-20-16/h4,6-7,9,11,14,17H,3,5,8,10H2,1-2H3. The predicted molar refractivity (Wildman–Crippen MR) is 79.0 cm³/mol. The van der Waals surface area contributed by atoms with E-state index in [4.69, 9.17) is 4.74 Å². The molecule has 1 aromatic heterocycles. The topological polar surface area (TPSA) is 39.1 Å². The van der Waals surface area contributed by atoms with Crippen LogP contribution in [0.3, 0.4) is 0 Å². The Kier molecular flexibility index (Phi) is 3.74. The Labute approximate surface area is 119 Å². The molecule has 1 atom stereocenters. The van der Waals surface area contributed by atoms with Gasteiger partial charge in [0.1, 0.15) is 5.75 Å². The summed E-state index contributed by atoms with van der Waals surface area (Å²) in [7, 11) is 3.95. The van der Waals surface area contributed by atoms with Gasteiger partial charge in [-0.05, 0) is 43.1 Å². The molecule has 2 heterocycles. The summed E-state index contributed by atoms with van der Waals surface area (Å²) in [6, 6.07) is 8.95. The molecule has 0 bridgehead atoms. The lowest BCUT2D eigenvalue weighted by Crippen LogP contribution is -2.18. The van der Waals surface area contributed by atoms with Gasteiger partial charge in [0, 0.05) is 19.7 Å². The lowest BCUT2D eigenvalue weighted by molar-refractivity contribution is 0.357. The molecule has 0 saturated heterocycles. The molecule has 3 rings (SSSR count). The predicted octanol–water partition coefficient (Wildman–Crippen LogP) is 2.25. The number of rotatable bonds is 5. The van der Waals surface area contributed by atoms with Crippen LogP contribution < -0.4 is 10.1 Å². The summed E-state index contributed by atoms with van der Waals surface area (Å²) in [5, 5.41) is 7.84. The fourth-order valence-electron chi connectivity index (χ4n) is 2.77. The maximum atomic E-state index is 5.55. The first-order valence-corrected chi connectivity index (χ1v) is 7.17. The first kappa shape index (κ1) is 13.2. The van der Waals surface area contributed by atoms with Crippen LogP contribution in [0.5, 0.6) is 5.75 Å². The van der Waals surface area contributed by atoms with Crippen LogP contribution in [-0.4, -0.2) is 23.4 Å². The number of benzene rings is 1. The molecular formula is C16H21N3O. The van der Waals surface area contributed by atoms with E-state index in [9.17, 15) is 0 Å². The van der Waals surface area contributed by atoms with Crippen LogP contribution in [0.25, 0.3) is 0 Å². The normalized spacial score (nSPS) is 14.9. The summed E-state index contributed by atoms with van der Waals surface area (Å²) in [6.07, 6.45) is 5.13. The van der Waals surface area contributed by atoms with Gasteiger partial charge in [-0.1, -0.05) is 12.1 Å². The largest absolute Gasteiger partial charge is 0.493 e. The summed E-state index contributed by atoms with van der Waals surface area (Å²) in [4.78, 5) is 0. The molecule has 1 aromatic carbocycles. The van der Waals surface area contributed by atoms with Crippen LogP contribution in [0.2, 0.25) is 0 Å². The van der Waals surface area contributed by atoms with Crippen molar-refractivity contribution in [2.24, 2.45) is 7.05 Å². The molecule has 2 aromatic rings. The molecular weight excluding hydrogens is 250 g/mol. The number of aromatic nitrogens is 2. The van der Waals surface area contributed by atoms with Crippen molar-refractivity contribution in [3.63, 3.8) is 0 Å². The molecule has 20 heavy (non-hydrogen) atoms. The van der Waals surface area contributed by atoms with Crippen LogP contribution in [0.15, 0.2) is 30.5 Å². The minimum absolute atomic E-state index is 0.306. The first-order valence-electron chi connectivity index (χ1n) is 7.17. The van der Waals surface area contributed by atoms with E-state index in [1.165, 1.54) is 11.1 Å². The highest BCUT2D eigenvalue weighted by Crippen LogP contribution is 2.27. The fraction of sp³-hybridized carbons (Fsp3) is 0.438. The van der Waals surface area contributed by atoms with Gasteiger partial charge in [-0.15, -0.1) is 0 Å². The van der Waals surface area contributed by atoms with Crippen LogP contribution >= 0.6 is 0 Å². The molecule has 106 valence electrons. The van der Waals surface area contributed by atoms with Crippen LogP contribution in [0.1, 0.15) is 29.3 Å². The van der Waals surface area contributed by atoms with E-state index in [0.717, 1.165) is 37.3 Å². The molecule has 1 aliphatic rings. The van der Waals surface area contributed by atoms with Gasteiger partial charge in [-0.3, -0.25) is 4.68 Å². The van der Waals surface area contributed by atoms with Gasteiger partial charge >= 0.3 is 0 Å². The zero-order chi connectivity index (χ0) is 13.9. The van der Waals surface area contributed by atoms with Crippen molar-refractivity contribution in [1.29, 1.82) is 0 Å². The Morgan fingerprint density at radius 2 is 2.30 bits per heavy atom. The van der Waals surface area contributed by atoms with E-state index in [0.29, 0.717) is 6.04 Å². The molecule has 0 radical (unpaired) electrons. The highest BCUT2D eigenvalue weighted by Gasteiger charge is 2.14. The van der Waals surface area contributed by atoms with Gasteiger partial charge in [-0.25, -0.2) is 0 Å². The number of aryl methyl sites for hydroxylation is 2. The minimum Gasteiger partial charge on any atom is -0.493 e. The third-order valence-electron chi connectivity index (χ3n) is 3.92. The monoisotopic (exact) mass is 271 g/mol. The number of ether oxygens (including phenoxy) is 1. The van der Waals surface area contributed by atoms with E-state index in [2.05, 4.69) is 34.7 Å². The SMILES string of the molecule is CNC(CCc1ccc2c(c1)CCO2)c1ccn(C)n1. The zero-order valence-corrected chi connectivity index (χ0v) is 12.1. The van der Waals surface area contributed by atoms with Gasteiger partial charge in [0.15, 0.2) is 0 Å². The van der Waals surface area contributed by atoms with E-state index in [-0.39, 0.29) is 0 Å². The molecule has 1 N–H and O–H groups in total. The van der Waals surface area contributed by atoms with Crippen molar-refractivity contribution in [1.82, 2.24) is 15.1 Å². The van der Waals surface area contributed by atoms with E-state index < -0.39 is 0 Å². The average Bonchev–Trinajstić information content (AvgIpc) is 3.08. The quantitative estimate of drug-likeness (QED) is 0.906. The highest BCUT2D eigenvalue weighted by molar-refractivity contribution is 5.39. The Hall–Kier alpha value is -1.81. The number of nitrogens with one attached hydrogen (secondary N) is 1. The van der Waals surface area contributed by atoms with Crippen molar-refractivity contribution in [3.8, 4) is 5.75 Å². The third kappa shape index (κ3) is 2.70. The van der Waals surface area contributed by atoms with Gasteiger partial charge in [0.25, 0.3) is 0 Å². The molecule has 1 unspecified atom stereocenters. The molecule has 0 fully saturated rings. The van der Waals surface area contributed by atoms with E-state index >= 15 is 0 Å². The number of nitrogens with zero attached hydrogens (tertiary/aromatic N) is 2. The summed E-state index contributed by atoms with van der Waals surface area (Å²) >= 11 is 0. The second-order valence-electron chi connectivity index (χ2n) is 5.33. The summed E-state index contributed by atoms with van der Waals surface area (Å²) < 4.78 is 7.40. The Balaban J connectivity index is 1.66. The Morgan fingerprint density at radius 3 is 3.05 bits per heavy atom. The lowest BCUT2D eigenvalue weighted by atomic mass is 10.0. The van der Waals surface area contributed by atoms with Gasteiger partial charge in [-0.2, -0.15) is 5.10 Å². The smallest absolute Gasteiger partial charge is 0.122 e. The maximum absolute atomic E-state index is 5.55. The van der Waals surface area contributed by atoms with E-state index in [1.807, 2.05) is 25.0 Å². The van der Waals surface area contributed by atoms with Crippen molar-refractivity contribution in [3.05, 3.63) is 47.3 Å². The lowest BCUT2D eigenvalue weighted by Gasteiger charge is -2.14. The number of hydrogen-bond donors (Lipinski definition) is 1. The van der Waals surface area contributed by atoms with Crippen molar-refractivity contribution >= 4 is 0 Å². The van der Waals surface area contributed by atoms with Crippen molar-refractivity contribution in [2.45, 2.75) is 25.3 Å². The summed E-state index contributed by atoms with van der Waals surface area (Å²) in [5.74, 6) is 1.06. The summed E-state index contributed by atoms with van der Waals surface area (Å²) in [5.41, 5.74) is 3.84. The molecule has 4 nitrogen and oxygen atoms in total. The maximum Gasteiger partial charge on any atom is 0.122 e. The fourth-order valence-corrected chi connectivity index (χ4v) is 2.77. The van der Waals surface area contributed by atoms with Gasteiger partial charge in [0.2, 0.25) is 0 Å². The minimum atomic E-state index is 0.306. The van der Waals surface area contributed by atoms with Crippen LogP contribution in [0.4, 0.5) is 0 Å². The molecule has 0 saturated carbocycles. The first-order chi connectivity index (χ1) is 9.76. The number of hydrogen-bond acceptors (Lipinski definition) is 3. The highest BCUT2D eigenvalue weighted by atomic mass is 16.5. The molecule has 0 aliphatic carbocycles. The molecule has 0 spiro atoms. The Morgan fingerprint density at radius 1 is 1.40 bits per heavy atom. The van der Waals surface area contributed by atoms with E-state index in [1.54, 1.807) is 0 Å². The molecule has 1 aliphatic heterocycles. The van der Waals surface area contributed by atoms with Gasteiger partial charge in [0.05, 0.1) is 18.3 Å². The number of fused-ring (bicyclic) bond motifs is 1. The second-order valence-corrected chi connectivity index (χ2v) is 5.33. The van der Waals surface area contributed by atoms with Crippen LogP contribution in [0, 0.1) is 0 Å². The zero-order valence-electron chi connectivity index (χ0n) is 12.1. The second kappa shape index (κ2) is 5.67. The average molecular weight is 271 g/mol. The van der Waals surface area contributed by atoms with Crippen molar-refractivity contribution < 1.29 is 4.74 Å². The van der Waals surface area contributed by atoms with Crippen LogP contribution in [-0.2, 0) is 19.9 Å². The van der Waals surface area contributed by atoms with Gasteiger partial charge < -0.3 is 10.1 Å². The Bertz CT molecular complexity index is 591.